The van der Waals surface area contributed by atoms with Gasteiger partial charge in [-0.05, 0) is 42.6 Å². The van der Waals surface area contributed by atoms with Gasteiger partial charge in [0.25, 0.3) is 0 Å². The lowest BCUT2D eigenvalue weighted by Crippen LogP contribution is -2.40. The van der Waals surface area contributed by atoms with Crippen molar-refractivity contribution < 1.29 is 19.1 Å². The van der Waals surface area contributed by atoms with E-state index in [2.05, 4.69) is 10.6 Å². The summed E-state index contributed by atoms with van der Waals surface area (Å²) in [7, 11) is 1.73. The molecule has 2 aromatic carbocycles. The first-order valence-electron chi connectivity index (χ1n) is 9.91. The normalized spacial score (nSPS) is 15.5. The van der Waals surface area contributed by atoms with Crippen LogP contribution in [0.1, 0.15) is 17.5 Å². The first-order chi connectivity index (χ1) is 14.5. The van der Waals surface area contributed by atoms with Gasteiger partial charge in [0.15, 0.2) is 5.75 Å². The zero-order valence-corrected chi connectivity index (χ0v) is 17.7. The zero-order chi connectivity index (χ0) is 21.3. The van der Waals surface area contributed by atoms with Gasteiger partial charge in [0.05, 0.1) is 5.02 Å². The van der Waals surface area contributed by atoms with Crippen molar-refractivity contribution in [2.45, 2.75) is 25.5 Å². The fraction of sp³-hybridized carbons (Fsp3) is 0.364. The number of alkyl carbamates (subject to hydrolysis) is 1. The number of rotatable bonds is 7. The van der Waals surface area contributed by atoms with Crippen LogP contribution in [0.25, 0.3) is 0 Å². The third kappa shape index (κ3) is 6.37. The van der Waals surface area contributed by atoms with Crippen molar-refractivity contribution in [1.82, 2.24) is 15.5 Å². The van der Waals surface area contributed by atoms with Gasteiger partial charge in [-0.2, -0.15) is 0 Å². The van der Waals surface area contributed by atoms with E-state index in [1.807, 2.05) is 36.4 Å². The molecule has 3 rings (SSSR count). The highest BCUT2D eigenvalue weighted by molar-refractivity contribution is 6.32. The third-order valence-corrected chi connectivity index (χ3v) is 5.25. The lowest BCUT2D eigenvalue weighted by Gasteiger charge is -2.23. The number of carbonyl (C=O) groups excluding carboxylic acids is 2. The van der Waals surface area contributed by atoms with Gasteiger partial charge in [-0.15, -0.1) is 0 Å². The highest BCUT2D eigenvalue weighted by atomic mass is 35.5. The molecule has 2 N–H and O–H groups in total. The molecule has 0 saturated carbocycles. The molecular formula is C22H26ClN3O4. The largest absolute Gasteiger partial charge is 0.445 e. The number of carbonyl (C=O) groups is 2. The molecule has 0 bridgehead atoms. The molecule has 2 aromatic rings. The zero-order valence-electron chi connectivity index (χ0n) is 16.9. The Morgan fingerprint density at radius 2 is 2.00 bits per heavy atom. The van der Waals surface area contributed by atoms with Crippen molar-refractivity contribution in [3.05, 3.63) is 64.7 Å². The minimum absolute atomic E-state index is 0.128. The summed E-state index contributed by atoms with van der Waals surface area (Å²) in [5.41, 5.74) is 1.84. The van der Waals surface area contributed by atoms with Crippen LogP contribution in [0.2, 0.25) is 5.02 Å². The molecule has 0 radical (unpaired) electrons. The molecule has 1 heterocycles. The molecule has 0 aliphatic carbocycles. The standard InChI is InChI=1S/C22H26ClN3O4/c1-26(18-10-11-24-14-18)22(28)30-20-8-7-16(13-19(20)23)9-12-25-21(27)29-15-17-5-3-2-4-6-17/h2-8,13,18,24H,9-12,14-15H2,1H3,(H,25,27). The van der Waals surface area contributed by atoms with Crippen molar-refractivity contribution in [3.8, 4) is 5.75 Å². The fourth-order valence-electron chi connectivity index (χ4n) is 3.15. The number of likely N-dealkylation sites (N-methyl/N-ethyl adjacent to an activating group) is 1. The van der Waals surface area contributed by atoms with E-state index in [1.165, 1.54) is 0 Å². The smallest absolute Gasteiger partial charge is 0.415 e. The molecule has 2 amide bonds. The fourth-order valence-corrected chi connectivity index (χ4v) is 3.39. The SMILES string of the molecule is CN(C(=O)Oc1ccc(CCNC(=O)OCc2ccccc2)cc1Cl)C1CCNC1. The molecule has 0 spiro atoms. The number of halogens is 1. The molecule has 30 heavy (non-hydrogen) atoms. The number of hydrogen-bond donors (Lipinski definition) is 2. The maximum Gasteiger partial charge on any atom is 0.415 e. The van der Waals surface area contributed by atoms with Crippen LogP contribution in [0, 0.1) is 0 Å². The second-order valence-corrected chi connectivity index (χ2v) is 7.54. The van der Waals surface area contributed by atoms with Crippen LogP contribution in [0.4, 0.5) is 9.59 Å². The van der Waals surface area contributed by atoms with E-state index in [-0.39, 0.29) is 12.6 Å². The molecule has 8 heteroatoms. The second-order valence-electron chi connectivity index (χ2n) is 7.13. The summed E-state index contributed by atoms with van der Waals surface area (Å²) >= 11 is 6.28. The quantitative estimate of drug-likeness (QED) is 0.700. The summed E-state index contributed by atoms with van der Waals surface area (Å²) in [5.74, 6) is 0.318. The predicted molar refractivity (Wildman–Crippen MR) is 115 cm³/mol. The Kier molecular flexibility index (Phi) is 7.93. The summed E-state index contributed by atoms with van der Waals surface area (Å²) in [6.45, 7) is 2.29. The Morgan fingerprint density at radius 3 is 2.70 bits per heavy atom. The van der Waals surface area contributed by atoms with Crippen LogP contribution in [0.15, 0.2) is 48.5 Å². The van der Waals surface area contributed by atoms with Crippen molar-refractivity contribution in [2.24, 2.45) is 0 Å². The summed E-state index contributed by atoms with van der Waals surface area (Å²) in [6, 6.07) is 14.8. The average Bonchev–Trinajstić information content (AvgIpc) is 3.29. The van der Waals surface area contributed by atoms with Crippen LogP contribution in [-0.2, 0) is 17.8 Å². The molecular weight excluding hydrogens is 406 g/mol. The second kappa shape index (κ2) is 10.8. The Bertz CT molecular complexity index is 857. The first-order valence-corrected chi connectivity index (χ1v) is 10.3. The lowest BCUT2D eigenvalue weighted by atomic mass is 10.1. The van der Waals surface area contributed by atoms with Crippen LogP contribution < -0.4 is 15.4 Å². The van der Waals surface area contributed by atoms with Crippen LogP contribution in [0.5, 0.6) is 5.75 Å². The predicted octanol–water partition coefficient (Wildman–Crippen LogP) is 3.60. The van der Waals surface area contributed by atoms with Gasteiger partial charge in [0.2, 0.25) is 0 Å². The highest BCUT2D eigenvalue weighted by Crippen LogP contribution is 2.26. The summed E-state index contributed by atoms with van der Waals surface area (Å²) in [4.78, 5) is 25.7. The molecule has 1 saturated heterocycles. The number of ether oxygens (including phenoxy) is 2. The molecule has 1 aliphatic heterocycles. The first kappa shape index (κ1) is 21.9. The van der Waals surface area contributed by atoms with Crippen molar-refractivity contribution in [1.29, 1.82) is 0 Å². The Hall–Kier alpha value is -2.77. The van der Waals surface area contributed by atoms with E-state index in [4.69, 9.17) is 21.1 Å². The van der Waals surface area contributed by atoms with E-state index in [1.54, 1.807) is 24.1 Å². The number of nitrogens with zero attached hydrogens (tertiary/aromatic N) is 1. The van der Waals surface area contributed by atoms with E-state index < -0.39 is 12.2 Å². The minimum Gasteiger partial charge on any atom is -0.445 e. The van der Waals surface area contributed by atoms with Gasteiger partial charge < -0.3 is 25.0 Å². The lowest BCUT2D eigenvalue weighted by molar-refractivity contribution is 0.139. The number of amides is 2. The summed E-state index contributed by atoms with van der Waals surface area (Å²) < 4.78 is 10.6. The summed E-state index contributed by atoms with van der Waals surface area (Å²) in [5, 5.41) is 6.28. The van der Waals surface area contributed by atoms with E-state index in [0.29, 0.717) is 23.7 Å². The molecule has 1 aliphatic rings. The van der Waals surface area contributed by atoms with Crippen LogP contribution in [-0.4, -0.2) is 49.8 Å². The van der Waals surface area contributed by atoms with Gasteiger partial charge >= 0.3 is 12.2 Å². The van der Waals surface area contributed by atoms with Crippen LogP contribution >= 0.6 is 11.6 Å². The van der Waals surface area contributed by atoms with Crippen molar-refractivity contribution in [2.75, 3.05) is 26.7 Å². The number of benzene rings is 2. The van der Waals surface area contributed by atoms with E-state index in [0.717, 1.165) is 30.6 Å². The van der Waals surface area contributed by atoms with Gasteiger partial charge in [-0.1, -0.05) is 48.0 Å². The monoisotopic (exact) mass is 431 g/mol. The maximum absolute atomic E-state index is 12.3. The summed E-state index contributed by atoms with van der Waals surface area (Å²) in [6.07, 6.45) is 0.572. The maximum atomic E-state index is 12.3. The average molecular weight is 432 g/mol. The Morgan fingerprint density at radius 1 is 1.20 bits per heavy atom. The van der Waals surface area contributed by atoms with Gasteiger partial charge in [-0.3, -0.25) is 0 Å². The van der Waals surface area contributed by atoms with Crippen molar-refractivity contribution in [3.63, 3.8) is 0 Å². The van der Waals surface area contributed by atoms with Gasteiger partial charge in [0, 0.05) is 26.2 Å². The molecule has 1 fully saturated rings. The molecule has 0 aromatic heterocycles. The van der Waals surface area contributed by atoms with Gasteiger partial charge in [0.1, 0.15) is 6.61 Å². The molecule has 1 atom stereocenters. The molecule has 1 unspecified atom stereocenters. The molecule has 7 nitrogen and oxygen atoms in total. The topological polar surface area (TPSA) is 79.9 Å². The minimum atomic E-state index is -0.472. The third-order valence-electron chi connectivity index (χ3n) is 4.96. The number of nitrogens with one attached hydrogen (secondary N) is 2. The van der Waals surface area contributed by atoms with Crippen molar-refractivity contribution >= 4 is 23.8 Å². The number of hydrogen-bond acceptors (Lipinski definition) is 5. The highest BCUT2D eigenvalue weighted by Gasteiger charge is 2.25. The van der Waals surface area contributed by atoms with Crippen LogP contribution in [0.3, 0.4) is 0 Å². The van der Waals surface area contributed by atoms with Gasteiger partial charge in [-0.25, -0.2) is 9.59 Å². The Balaban J connectivity index is 1.42. The molecule has 160 valence electrons. The Labute approximate surface area is 181 Å². The van der Waals surface area contributed by atoms with E-state index in [9.17, 15) is 9.59 Å². The van der Waals surface area contributed by atoms with E-state index >= 15 is 0 Å².